The zero-order chi connectivity index (χ0) is 17.6. The SMILES string of the molecule is COc1cc(OC)cc(-c2ccc(C(=O)OCc3ccccc3)[nH]2)c1. The highest BCUT2D eigenvalue weighted by Crippen LogP contribution is 2.29. The quantitative estimate of drug-likeness (QED) is 0.689. The number of carbonyl (C=O) groups is 1. The molecule has 0 radical (unpaired) electrons. The van der Waals surface area contributed by atoms with E-state index < -0.39 is 5.97 Å². The van der Waals surface area contributed by atoms with Crippen molar-refractivity contribution < 1.29 is 19.0 Å². The minimum absolute atomic E-state index is 0.237. The number of benzene rings is 2. The average Bonchev–Trinajstić information content (AvgIpc) is 3.17. The normalized spacial score (nSPS) is 10.3. The number of nitrogens with one attached hydrogen (secondary N) is 1. The monoisotopic (exact) mass is 337 g/mol. The van der Waals surface area contributed by atoms with E-state index in [1.54, 1.807) is 26.4 Å². The second-order valence-electron chi connectivity index (χ2n) is 5.45. The third-order valence-electron chi connectivity index (χ3n) is 3.78. The molecule has 1 aromatic heterocycles. The Hall–Kier alpha value is -3.21. The molecule has 1 heterocycles. The van der Waals surface area contributed by atoms with Gasteiger partial charge in [0.15, 0.2) is 0 Å². The van der Waals surface area contributed by atoms with Crippen LogP contribution in [0.1, 0.15) is 16.1 Å². The van der Waals surface area contributed by atoms with E-state index in [0.717, 1.165) is 16.8 Å². The van der Waals surface area contributed by atoms with Gasteiger partial charge >= 0.3 is 5.97 Å². The molecule has 0 bridgehead atoms. The number of aromatic amines is 1. The average molecular weight is 337 g/mol. The first-order valence-corrected chi connectivity index (χ1v) is 7.83. The van der Waals surface area contributed by atoms with Crippen LogP contribution in [0.25, 0.3) is 11.3 Å². The van der Waals surface area contributed by atoms with Crippen molar-refractivity contribution in [2.45, 2.75) is 6.61 Å². The summed E-state index contributed by atoms with van der Waals surface area (Å²) >= 11 is 0. The third-order valence-corrected chi connectivity index (χ3v) is 3.78. The summed E-state index contributed by atoms with van der Waals surface area (Å²) in [5.41, 5.74) is 2.98. The molecule has 5 heteroatoms. The first-order chi connectivity index (χ1) is 12.2. The van der Waals surface area contributed by atoms with Gasteiger partial charge in [0, 0.05) is 17.3 Å². The maximum atomic E-state index is 12.2. The Kier molecular flexibility index (Phi) is 5.04. The molecule has 2 aromatic carbocycles. The van der Waals surface area contributed by atoms with Crippen LogP contribution in [0.3, 0.4) is 0 Å². The van der Waals surface area contributed by atoms with E-state index in [9.17, 15) is 4.79 Å². The predicted octanol–water partition coefficient (Wildman–Crippen LogP) is 4.06. The van der Waals surface area contributed by atoms with Crippen molar-refractivity contribution in [2.24, 2.45) is 0 Å². The smallest absolute Gasteiger partial charge is 0.355 e. The molecule has 3 rings (SSSR count). The summed E-state index contributed by atoms with van der Waals surface area (Å²) in [7, 11) is 3.19. The van der Waals surface area contributed by atoms with E-state index in [-0.39, 0.29) is 6.61 Å². The molecule has 25 heavy (non-hydrogen) atoms. The van der Waals surface area contributed by atoms with Gasteiger partial charge in [0.2, 0.25) is 0 Å². The highest BCUT2D eigenvalue weighted by molar-refractivity contribution is 5.88. The number of H-pyrrole nitrogens is 1. The molecule has 5 nitrogen and oxygen atoms in total. The van der Waals surface area contributed by atoms with Gasteiger partial charge in [0.05, 0.1) is 14.2 Å². The van der Waals surface area contributed by atoms with Crippen LogP contribution >= 0.6 is 0 Å². The van der Waals surface area contributed by atoms with Crippen LogP contribution in [0, 0.1) is 0 Å². The minimum Gasteiger partial charge on any atom is -0.497 e. The number of esters is 1. The van der Waals surface area contributed by atoms with Crippen LogP contribution < -0.4 is 9.47 Å². The fraction of sp³-hybridized carbons (Fsp3) is 0.150. The fourth-order valence-electron chi connectivity index (χ4n) is 2.45. The van der Waals surface area contributed by atoms with Gasteiger partial charge in [-0.3, -0.25) is 0 Å². The Balaban J connectivity index is 1.74. The Bertz CT molecular complexity index is 833. The Labute approximate surface area is 146 Å². The molecular weight excluding hydrogens is 318 g/mol. The Morgan fingerprint density at radius 3 is 2.24 bits per heavy atom. The maximum absolute atomic E-state index is 12.2. The van der Waals surface area contributed by atoms with Crippen molar-refractivity contribution in [2.75, 3.05) is 14.2 Å². The summed E-state index contributed by atoms with van der Waals surface area (Å²) < 4.78 is 15.9. The van der Waals surface area contributed by atoms with E-state index in [0.29, 0.717) is 17.2 Å². The first-order valence-electron chi connectivity index (χ1n) is 7.83. The standard InChI is InChI=1S/C20H19NO4/c1-23-16-10-15(11-17(12-16)24-2)18-8-9-19(21-18)20(22)25-13-14-6-4-3-5-7-14/h3-12,21H,13H2,1-2H3. The van der Waals surface area contributed by atoms with Crippen molar-refractivity contribution in [1.82, 2.24) is 4.98 Å². The van der Waals surface area contributed by atoms with Gasteiger partial charge in [0.25, 0.3) is 0 Å². The largest absolute Gasteiger partial charge is 0.497 e. The van der Waals surface area contributed by atoms with E-state index in [2.05, 4.69) is 4.98 Å². The lowest BCUT2D eigenvalue weighted by atomic mass is 10.1. The zero-order valence-corrected chi connectivity index (χ0v) is 14.1. The molecule has 128 valence electrons. The molecule has 0 atom stereocenters. The molecule has 1 N–H and O–H groups in total. The summed E-state index contributed by atoms with van der Waals surface area (Å²) in [6.45, 7) is 0.237. The van der Waals surface area contributed by atoms with Gasteiger partial charge in [-0.1, -0.05) is 30.3 Å². The van der Waals surface area contributed by atoms with Gasteiger partial charge in [-0.25, -0.2) is 4.79 Å². The van der Waals surface area contributed by atoms with E-state index in [1.165, 1.54) is 0 Å². The van der Waals surface area contributed by atoms with Gasteiger partial charge in [-0.2, -0.15) is 0 Å². The van der Waals surface area contributed by atoms with Gasteiger partial charge in [-0.15, -0.1) is 0 Å². The van der Waals surface area contributed by atoms with Gasteiger partial charge in [0.1, 0.15) is 23.8 Å². The lowest BCUT2D eigenvalue weighted by Gasteiger charge is -2.07. The number of methoxy groups -OCH3 is 2. The van der Waals surface area contributed by atoms with Crippen LogP contribution in [-0.2, 0) is 11.3 Å². The summed E-state index contributed by atoms with van der Waals surface area (Å²) in [6, 6.07) is 18.6. The number of carbonyl (C=O) groups excluding carboxylic acids is 1. The van der Waals surface area contributed by atoms with Crippen molar-refractivity contribution in [3.8, 4) is 22.8 Å². The molecule has 0 spiro atoms. The van der Waals surface area contributed by atoms with Crippen molar-refractivity contribution >= 4 is 5.97 Å². The third kappa shape index (κ3) is 4.01. The van der Waals surface area contributed by atoms with Crippen LogP contribution in [0.2, 0.25) is 0 Å². The van der Waals surface area contributed by atoms with E-state index >= 15 is 0 Å². The molecule has 0 amide bonds. The van der Waals surface area contributed by atoms with Crippen LogP contribution in [0.5, 0.6) is 11.5 Å². The summed E-state index contributed by atoms with van der Waals surface area (Å²) in [5.74, 6) is 0.958. The lowest BCUT2D eigenvalue weighted by Crippen LogP contribution is -2.05. The van der Waals surface area contributed by atoms with E-state index in [1.807, 2.05) is 48.5 Å². The minimum atomic E-state index is -0.398. The number of aromatic nitrogens is 1. The van der Waals surface area contributed by atoms with E-state index in [4.69, 9.17) is 14.2 Å². The lowest BCUT2D eigenvalue weighted by molar-refractivity contribution is 0.0466. The fourth-order valence-corrected chi connectivity index (χ4v) is 2.45. The molecule has 0 aliphatic carbocycles. The zero-order valence-electron chi connectivity index (χ0n) is 14.1. The van der Waals surface area contributed by atoms with Crippen LogP contribution in [0.4, 0.5) is 0 Å². The highest BCUT2D eigenvalue weighted by Gasteiger charge is 2.12. The second kappa shape index (κ2) is 7.57. The van der Waals surface area contributed by atoms with Crippen LogP contribution in [-0.4, -0.2) is 25.2 Å². The van der Waals surface area contributed by atoms with Crippen LogP contribution in [0.15, 0.2) is 60.7 Å². The van der Waals surface area contributed by atoms with Gasteiger partial charge in [-0.05, 0) is 29.8 Å². The topological polar surface area (TPSA) is 60.6 Å². The molecule has 0 aliphatic heterocycles. The maximum Gasteiger partial charge on any atom is 0.355 e. The molecule has 3 aromatic rings. The second-order valence-corrected chi connectivity index (χ2v) is 5.45. The van der Waals surface area contributed by atoms with Gasteiger partial charge < -0.3 is 19.2 Å². The highest BCUT2D eigenvalue weighted by atomic mass is 16.5. The predicted molar refractivity (Wildman–Crippen MR) is 94.9 cm³/mol. The first kappa shape index (κ1) is 16.6. The summed E-state index contributed by atoms with van der Waals surface area (Å²) in [5, 5.41) is 0. The van der Waals surface area contributed by atoms with Crippen molar-refractivity contribution in [1.29, 1.82) is 0 Å². The molecule has 0 fully saturated rings. The Morgan fingerprint density at radius 2 is 1.60 bits per heavy atom. The molecule has 0 aliphatic rings. The number of ether oxygens (including phenoxy) is 3. The van der Waals surface area contributed by atoms with Crippen molar-refractivity contribution in [3.63, 3.8) is 0 Å². The number of hydrogen-bond donors (Lipinski definition) is 1. The molecule has 0 unspecified atom stereocenters. The summed E-state index contributed by atoms with van der Waals surface area (Å²) in [6.07, 6.45) is 0. The summed E-state index contributed by atoms with van der Waals surface area (Å²) in [4.78, 5) is 15.3. The number of hydrogen-bond acceptors (Lipinski definition) is 4. The Morgan fingerprint density at radius 1 is 0.920 bits per heavy atom. The van der Waals surface area contributed by atoms with Crippen molar-refractivity contribution in [3.05, 3.63) is 71.9 Å². The molecule has 0 saturated carbocycles. The number of rotatable bonds is 6. The molecular formula is C20H19NO4. The molecule has 0 saturated heterocycles.